The quantitative estimate of drug-likeness (QED) is 0.122. The molecule has 1 aromatic rings. The molecule has 3 nitrogen and oxygen atoms in total. The molecule has 0 bridgehead atoms. The van der Waals surface area contributed by atoms with Crippen molar-refractivity contribution in [1.82, 2.24) is 15.0 Å². The van der Waals surface area contributed by atoms with E-state index in [2.05, 4.69) is 20.8 Å². The van der Waals surface area contributed by atoms with Gasteiger partial charge in [-0.1, -0.05) is 149 Å². The second-order valence-corrected chi connectivity index (χ2v) is 10.8. The Kier molecular flexibility index (Phi) is 22.6. The minimum atomic E-state index is 0.861. The van der Waals surface area contributed by atoms with Crippen molar-refractivity contribution in [3.63, 3.8) is 0 Å². The molecule has 0 unspecified atom stereocenters. The van der Waals surface area contributed by atoms with Gasteiger partial charge in [-0.3, -0.25) is 0 Å². The average molecular weight is 487 g/mol. The van der Waals surface area contributed by atoms with E-state index in [0.717, 1.165) is 43.2 Å². The fourth-order valence-corrected chi connectivity index (χ4v) is 4.91. The molecule has 35 heavy (non-hydrogen) atoms. The zero-order chi connectivity index (χ0) is 25.2. The van der Waals surface area contributed by atoms with Crippen molar-refractivity contribution in [1.29, 1.82) is 0 Å². The molecule has 0 atom stereocenters. The SMILES string of the molecule is [CH2]CCc1nc(CCCCCCCCCCCCC)nc(CCCCCCCCCCCCC)n1. The number of nitrogens with zero attached hydrogens (tertiary/aromatic N) is 3. The van der Waals surface area contributed by atoms with Crippen LogP contribution in [0.1, 0.15) is 179 Å². The Hall–Kier alpha value is -0.990. The van der Waals surface area contributed by atoms with Crippen LogP contribution in [0.15, 0.2) is 0 Å². The topological polar surface area (TPSA) is 38.7 Å². The van der Waals surface area contributed by atoms with Gasteiger partial charge in [-0.25, -0.2) is 15.0 Å². The Labute approximate surface area is 220 Å². The van der Waals surface area contributed by atoms with Crippen LogP contribution < -0.4 is 0 Å². The number of hydrogen-bond acceptors (Lipinski definition) is 3. The van der Waals surface area contributed by atoms with Crippen LogP contribution >= 0.6 is 0 Å². The summed E-state index contributed by atoms with van der Waals surface area (Å²) < 4.78 is 0. The van der Waals surface area contributed by atoms with Crippen LogP contribution in [0.5, 0.6) is 0 Å². The standard InChI is InChI=1S/C32H60N3/c1-4-7-9-11-13-15-17-19-21-23-25-28-31-33-30(27-6-3)34-32(35-31)29-26-24-22-20-18-16-14-12-10-8-5-2/h3-29H2,1-2H3. The highest BCUT2D eigenvalue weighted by molar-refractivity contribution is 4.99. The number of rotatable bonds is 26. The molecule has 3 heteroatoms. The Morgan fingerprint density at radius 1 is 0.371 bits per heavy atom. The Balaban J connectivity index is 2.16. The first-order chi connectivity index (χ1) is 17.3. The van der Waals surface area contributed by atoms with Gasteiger partial charge in [0.1, 0.15) is 17.5 Å². The van der Waals surface area contributed by atoms with Crippen molar-refractivity contribution in [2.75, 3.05) is 0 Å². The van der Waals surface area contributed by atoms with Gasteiger partial charge in [0.25, 0.3) is 0 Å². The van der Waals surface area contributed by atoms with E-state index >= 15 is 0 Å². The van der Waals surface area contributed by atoms with Crippen molar-refractivity contribution in [3.8, 4) is 0 Å². The van der Waals surface area contributed by atoms with E-state index < -0.39 is 0 Å². The predicted octanol–water partition coefficient (Wildman–Crippen LogP) is 10.3. The van der Waals surface area contributed by atoms with Crippen molar-refractivity contribution in [2.24, 2.45) is 0 Å². The van der Waals surface area contributed by atoms with Crippen LogP contribution in [0, 0.1) is 6.92 Å². The third kappa shape index (κ3) is 19.8. The monoisotopic (exact) mass is 486 g/mol. The van der Waals surface area contributed by atoms with Crippen LogP contribution in [0.3, 0.4) is 0 Å². The lowest BCUT2D eigenvalue weighted by molar-refractivity contribution is 0.543. The molecule has 0 fully saturated rings. The Bertz CT molecular complexity index is 528. The molecular formula is C32H60N3. The highest BCUT2D eigenvalue weighted by Gasteiger charge is 2.07. The number of unbranched alkanes of at least 4 members (excludes halogenated alkanes) is 20. The summed E-state index contributed by atoms with van der Waals surface area (Å²) in [6.07, 6.45) is 34.1. The molecule has 203 valence electrons. The molecule has 1 heterocycles. The zero-order valence-electron chi connectivity index (χ0n) is 23.9. The number of aryl methyl sites for hydroxylation is 3. The molecule has 0 amide bonds. The minimum Gasteiger partial charge on any atom is -0.218 e. The molecule has 1 rings (SSSR count). The normalized spacial score (nSPS) is 11.4. The third-order valence-corrected chi connectivity index (χ3v) is 7.18. The van der Waals surface area contributed by atoms with Crippen LogP contribution in [-0.4, -0.2) is 15.0 Å². The first kappa shape index (κ1) is 32.0. The molecule has 0 aliphatic carbocycles. The summed E-state index contributed by atoms with van der Waals surface area (Å²) in [6.45, 7) is 8.58. The van der Waals surface area contributed by atoms with Gasteiger partial charge < -0.3 is 0 Å². The number of hydrogen-bond donors (Lipinski definition) is 0. The third-order valence-electron chi connectivity index (χ3n) is 7.18. The van der Waals surface area contributed by atoms with E-state index in [9.17, 15) is 0 Å². The first-order valence-corrected chi connectivity index (χ1v) is 15.8. The maximum Gasteiger partial charge on any atom is 0.132 e. The lowest BCUT2D eigenvalue weighted by atomic mass is 10.0. The molecular weight excluding hydrogens is 426 g/mol. The van der Waals surface area contributed by atoms with E-state index in [1.54, 1.807) is 0 Å². The van der Waals surface area contributed by atoms with E-state index in [0.29, 0.717) is 0 Å². The highest BCUT2D eigenvalue weighted by atomic mass is 15.0. The molecule has 0 spiro atoms. The summed E-state index contributed by atoms with van der Waals surface area (Å²) >= 11 is 0. The summed E-state index contributed by atoms with van der Waals surface area (Å²) in [6, 6.07) is 0. The summed E-state index contributed by atoms with van der Waals surface area (Å²) in [5, 5.41) is 0. The molecule has 0 N–H and O–H groups in total. The fraction of sp³-hybridized carbons (Fsp3) is 0.875. The number of aromatic nitrogens is 3. The predicted molar refractivity (Wildman–Crippen MR) is 154 cm³/mol. The maximum atomic E-state index is 4.84. The van der Waals surface area contributed by atoms with Crippen LogP contribution in [0.2, 0.25) is 0 Å². The minimum absolute atomic E-state index is 0.861. The van der Waals surface area contributed by atoms with Gasteiger partial charge in [-0.15, -0.1) is 0 Å². The maximum absolute atomic E-state index is 4.84. The fourth-order valence-electron chi connectivity index (χ4n) is 4.91. The summed E-state index contributed by atoms with van der Waals surface area (Å²) in [5.41, 5.74) is 0. The molecule has 1 aromatic heterocycles. The van der Waals surface area contributed by atoms with Crippen molar-refractivity contribution < 1.29 is 0 Å². The van der Waals surface area contributed by atoms with E-state index in [1.807, 2.05) is 0 Å². The van der Waals surface area contributed by atoms with Gasteiger partial charge in [0.2, 0.25) is 0 Å². The van der Waals surface area contributed by atoms with Gasteiger partial charge in [-0.2, -0.15) is 0 Å². The highest BCUT2D eigenvalue weighted by Crippen LogP contribution is 2.14. The average Bonchev–Trinajstić information content (AvgIpc) is 2.86. The van der Waals surface area contributed by atoms with Gasteiger partial charge >= 0.3 is 0 Å². The molecule has 0 aromatic carbocycles. The smallest absolute Gasteiger partial charge is 0.132 e. The van der Waals surface area contributed by atoms with Crippen molar-refractivity contribution in [2.45, 2.75) is 181 Å². The summed E-state index contributed by atoms with van der Waals surface area (Å²) in [7, 11) is 0. The van der Waals surface area contributed by atoms with Gasteiger partial charge in [-0.05, 0) is 19.3 Å². The Morgan fingerprint density at radius 2 is 0.629 bits per heavy atom. The van der Waals surface area contributed by atoms with Crippen LogP contribution in [0.25, 0.3) is 0 Å². The largest absolute Gasteiger partial charge is 0.218 e. The second kappa shape index (κ2) is 24.7. The van der Waals surface area contributed by atoms with Crippen LogP contribution in [-0.2, 0) is 19.3 Å². The van der Waals surface area contributed by atoms with Gasteiger partial charge in [0, 0.05) is 19.3 Å². The van der Waals surface area contributed by atoms with E-state index in [1.165, 1.54) is 141 Å². The first-order valence-electron chi connectivity index (χ1n) is 15.8. The molecule has 0 aliphatic heterocycles. The van der Waals surface area contributed by atoms with E-state index in [4.69, 9.17) is 15.0 Å². The van der Waals surface area contributed by atoms with Gasteiger partial charge in [0.05, 0.1) is 0 Å². The van der Waals surface area contributed by atoms with Crippen molar-refractivity contribution in [3.05, 3.63) is 24.4 Å². The van der Waals surface area contributed by atoms with Gasteiger partial charge in [0.15, 0.2) is 0 Å². The lowest BCUT2D eigenvalue weighted by Gasteiger charge is -2.08. The zero-order valence-corrected chi connectivity index (χ0v) is 23.9. The molecule has 0 aliphatic rings. The van der Waals surface area contributed by atoms with Crippen molar-refractivity contribution >= 4 is 0 Å². The van der Waals surface area contributed by atoms with E-state index in [-0.39, 0.29) is 0 Å². The molecule has 0 saturated heterocycles. The summed E-state index contributed by atoms with van der Waals surface area (Å²) in [5.74, 6) is 3.01. The molecule has 1 radical (unpaired) electrons. The lowest BCUT2D eigenvalue weighted by Crippen LogP contribution is -2.08. The second-order valence-electron chi connectivity index (χ2n) is 10.8. The summed E-state index contributed by atoms with van der Waals surface area (Å²) in [4.78, 5) is 14.3. The molecule has 0 saturated carbocycles. The Morgan fingerprint density at radius 3 is 0.914 bits per heavy atom. The van der Waals surface area contributed by atoms with Crippen LogP contribution in [0.4, 0.5) is 0 Å².